The maximum absolute atomic E-state index is 13.3. The summed E-state index contributed by atoms with van der Waals surface area (Å²) in [4.78, 5) is 40.9. The fraction of sp³-hybridized carbons (Fsp3) is 0.542. The Hall–Kier alpha value is -1.85. The lowest BCUT2D eigenvalue weighted by Crippen LogP contribution is -2.44. The minimum absolute atomic E-state index is 0.0401. The average molecular weight is 459 g/mol. The number of imide groups is 1. The molecule has 0 radical (unpaired) electrons. The number of carbonyl (C=O) groups excluding carboxylic acids is 3. The average Bonchev–Trinajstić information content (AvgIpc) is 3.54. The molecule has 1 aromatic carbocycles. The zero-order valence-corrected chi connectivity index (χ0v) is 18.5. The van der Waals surface area contributed by atoms with Crippen LogP contribution in [0.25, 0.3) is 0 Å². The number of amides is 3. The first kappa shape index (κ1) is 19.8. The van der Waals surface area contributed by atoms with Crippen LogP contribution in [-0.4, -0.2) is 28.7 Å². The first-order valence-electron chi connectivity index (χ1n) is 11.2. The minimum atomic E-state index is -0.160. The predicted molar refractivity (Wildman–Crippen MR) is 117 cm³/mol. The second kappa shape index (κ2) is 7.08. The van der Waals surface area contributed by atoms with E-state index in [9.17, 15) is 14.4 Å². The van der Waals surface area contributed by atoms with Crippen LogP contribution >= 0.6 is 23.2 Å². The van der Waals surface area contributed by atoms with Crippen molar-refractivity contribution in [2.45, 2.75) is 38.1 Å². The number of hydrogen-bond donors (Lipinski definition) is 1. The molecule has 1 aromatic rings. The lowest BCUT2D eigenvalue weighted by molar-refractivity contribution is -0.144. The molecule has 1 aliphatic heterocycles. The summed E-state index contributed by atoms with van der Waals surface area (Å²) < 4.78 is 0. The highest BCUT2D eigenvalue weighted by Crippen LogP contribution is 2.65. The second-order valence-corrected chi connectivity index (χ2v) is 10.7. The van der Waals surface area contributed by atoms with Crippen LogP contribution in [0.15, 0.2) is 30.4 Å². The van der Waals surface area contributed by atoms with E-state index >= 15 is 0 Å². The van der Waals surface area contributed by atoms with Crippen molar-refractivity contribution in [2.24, 2.45) is 41.4 Å². The normalized spacial score (nSPS) is 40.0. The number of nitrogens with one attached hydrogen (secondary N) is 1. The summed E-state index contributed by atoms with van der Waals surface area (Å²) >= 11 is 12.2. The molecule has 1 saturated heterocycles. The molecule has 31 heavy (non-hydrogen) atoms. The van der Waals surface area contributed by atoms with Gasteiger partial charge >= 0.3 is 0 Å². The van der Waals surface area contributed by atoms with E-state index in [-0.39, 0.29) is 53.4 Å². The van der Waals surface area contributed by atoms with Gasteiger partial charge in [0.25, 0.3) is 0 Å². The highest BCUT2D eigenvalue weighted by molar-refractivity contribution is 6.35. The number of allylic oxidation sites excluding steroid dienone is 2. The van der Waals surface area contributed by atoms with Gasteiger partial charge in [0.2, 0.25) is 17.7 Å². The Labute approximate surface area is 191 Å². The molecule has 3 amide bonds. The molecule has 7 heteroatoms. The van der Waals surface area contributed by atoms with Crippen LogP contribution in [0.3, 0.4) is 0 Å². The number of benzene rings is 1. The Kier molecular flexibility index (Phi) is 4.52. The van der Waals surface area contributed by atoms with Gasteiger partial charge in [-0.2, -0.15) is 0 Å². The fourth-order valence-electron chi connectivity index (χ4n) is 6.76. The molecular formula is C24H24Cl2N2O3. The Morgan fingerprint density at radius 1 is 0.935 bits per heavy atom. The van der Waals surface area contributed by atoms with E-state index in [1.165, 1.54) is 6.42 Å². The third-order valence-electron chi connectivity index (χ3n) is 8.32. The van der Waals surface area contributed by atoms with Gasteiger partial charge in [-0.3, -0.25) is 19.3 Å². The van der Waals surface area contributed by atoms with E-state index in [4.69, 9.17) is 23.2 Å². The maximum Gasteiger partial charge on any atom is 0.233 e. The van der Waals surface area contributed by atoms with Crippen LogP contribution in [0.2, 0.25) is 10.0 Å². The summed E-state index contributed by atoms with van der Waals surface area (Å²) in [6.45, 7) is 0. The van der Waals surface area contributed by atoms with Crippen LogP contribution in [0.5, 0.6) is 0 Å². The topological polar surface area (TPSA) is 66.5 Å². The van der Waals surface area contributed by atoms with E-state index in [1.54, 1.807) is 23.1 Å². The molecule has 6 unspecified atom stereocenters. The van der Waals surface area contributed by atoms with Gasteiger partial charge in [-0.05, 0) is 74.0 Å². The monoisotopic (exact) mass is 458 g/mol. The van der Waals surface area contributed by atoms with E-state index < -0.39 is 0 Å². The number of carbonyl (C=O) groups is 3. The van der Waals surface area contributed by atoms with Crippen molar-refractivity contribution >= 4 is 46.6 Å². The van der Waals surface area contributed by atoms with Crippen molar-refractivity contribution < 1.29 is 14.4 Å². The molecule has 3 saturated carbocycles. The molecule has 162 valence electrons. The largest absolute Gasteiger partial charge is 0.324 e. The number of likely N-dealkylation sites (tertiary alicyclic amines) is 1. The molecule has 5 nitrogen and oxygen atoms in total. The summed E-state index contributed by atoms with van der Waals surface area (Å²) in [6, 6.07) is 4.90. The molecule has 0 aromatic heterocycles. The third kappa shape index (κ3) is 3.00. The molecular weight excluding hydrogens is 435 g/mol. The number of anilines is 1. The van der Waals surface area contributed by atoms with Gasteiger partial charge in [0.15, 0.2) is 0 Å². The SMILES string of the molecule is O=C(Nc1cc(Cl)ccc1Cl)C1CCC(N2C(=O)C3C4C=CC(C5CC45)C3C2=O)CC1. The maximum atomic E-state index is 13.3. The van der Waals surface area contributed by atoms with Crippen LogP contribution < -0.4 is 5.32 Å². The molecule has 2 bridgehead atoms. The fourth-order valence-corrected chi connectivity index (χ4v) is 7.10. The van der Waals surface area contributed by atoms with Crippen molar-refractivity contribution in [1.82, 2.24) is 4.90 Å². The zero-order chi connectivity index (χ0) is 21.4. The molecule has 1 heterocycles. The molecule has 1 N–H and O–H groups in total. The van der Waals surface area contributed by atoms with Gasteiger partial charge in [0.05, 0.1) is 22.5 Å². The van der Waals surface area contributed by atoms with Crippen LogP contribution in [0.4, 0.5) is 5.69 Å². The van der Waals surface area contributed by atoms with Crippen molar-refractivity contribution in [3.05, 3.63) is 40.4 Å². The van der Waals surface area contributed by atoms with Crippen molar-refractivity contribution in [3.63, 3.8) is 0 Å². The Morgan fingerprint density at radius 3 is 2.16 bits per heavy atom. The second-order valence-electron chi connectivity index (χ2n) is 9.82. The zero-order valence-electron chi connectivity index (χ0n) is 17.0. The highest BCUT2D eigenvalue weighted by Gasteiger charge is 2.67. The molecule has 0 spiro atoms. The van der Waals surface area contributed by atoms with Crippen LogP contribution in [0, 0.1) is 41.4 Å². The number of rotatable bonds is 3. The highest BCUT2D eigenvalue weighted by atomic mass is 35.5. The Morgan fingerprint density at radius 2 is 1.55 bits per heavy atom. The van der Waals surface area contributed by atoms with Crippen LogP contribution in [0.1, 0.15) is 32.1 Å². The molecule has 5 aliphatic carbocycles. The summed E-state index contributed by atoms with van der Waals surface area (Å²) in [5.74, 6) is 1.30. The van der Waals surface area contributed by atoms with Crippen molar-refractivity contribution in [3.8, 4) is 0 Å². The smallest absolute Gasteiger partial charge is 0.233 e. The first-order chi connectivity index (χ1) is 14.9. The standard InChI is InChI=1S/C24H24Cl2N2O3/c25-12-3-8-18(26)19(9-12)27-22(29)11-1-4-13(5-2-11)28-23(30)20-14-6-7-15(17-10-16(14)17)21(20)24(28)31/h3,6-9,11,13-17,20-21H,1-2,4-5,10H2,(H,27,29). The molecule has 6 atom stereocenters. The third-order valence-corrected chi connectivity index (χ3v) is 8.88. The van der Waals surface area contributed by atoms with Gasteiger partial charge < -0.3 is 5.32 Å². The van der Waals surface area contributed by atoms with Crippen molar-refractivity contribution in [1.29, 1.82) is 0 Å². The van der Waals surface area contributed by atoms with E-state index in [2.05, 4.69) is 17.5 Å². The summed E-state index contributed by atoms with van der Waals surface area (Å²) in [5, 5.41) is 3.84. The summed E-state index contributed by atoms with van der Waals surface area (Å²) in [7, 11) is 0. The lowest BCUT2D eigenvalue weighted by atomic mass is 9.63. The van der Waals surface area contributed by atoms with Crippen LogP contribution in [-0.2, 0) is 14.4 Å². The predicted octanol–water partition coefficient (Wildman–Crippen LogP) is 4.54. The number of halogens is 2. The number of nitrogens with zero attached hydrogens (tertiary/aromatic N) is 1. The van der Waals surface area contributed by atoms with Gasteiger partial charge in [-0.25, -0.2) is 0 Å². The van der Waals surface area contributed by atoms with Gasteiger partial charge in [-0.1, -0.05) is 35.4 Å². The summed E-state index contributed by atoms with van der Waals surface area (Å²) in [5.41, 5.74) is 0.511. The Balaban J connectivity index is 1.12. The van der Waals surface area contributed by atoms with E-state index in [1.807, 2.05) is 0 Å². The summed E-state index contributed by atoms with van der Waals surface area (Å²) in [6.07, 6.45) is 8.23. The molecule has 4 fully saturated rings. The lowest BCUT2D eigenvalue weighted by Gasteiger charge is -2.37. The molecule has 7 rings (SSSR count). The van der Waals surface area contributed by atoms with Gasteiger partial charge in [0.1, 0.15) is 0 Å². The Bertz CT molecular complexity index is 980. The van der Waals surface area contributed by atoms with E-state index in [0.717, 1.165) is 0 Å². The first-order valence-corrected chi connectivity index (χ1v) is 12.0. The van der Waals surface area contributed by atoms with Gasteiger partial charge in [0, 0.05) is 17.0 Å². The number of hydrogen-bond acceptors (Lipinski definition) is 3. The van der Waals surface area contributed by atoms with Gasteiger partial charge in [-0.15, -0.1) is 0 Å². The molecule has 6 aliphatic rings. The minimum Gasteiger partial charge on any atom is -0.324 e. The quantitative estimate of drug-likeness (QED) is 0.533. The van der Waals surface area contributed by atoms with E-state index in [0.29, 0.717) is 53.3 Å². The van der Waals surface area contributed by atoms with Crippen molar-refractivity contribution in [2.75, 3.05) is 5.32 Å².